The van der Waals surface area contributed by atoms with Crippen LogP contribution in [0.4, 0.5) is 0 Å². The van der Waals surface area contributed by atoms with E-state index in [9.17, 15) is 0 Å². The maximum Gasteiger partial charge on any atom is 0.102 e. The zero-order valence-corrected chi connectivity index (χ0v) is 7.29. The van der Waals surface area contributed by atoms with Crippen LogP contribution in [0.25, 0.3) is 0 Å². The van der Waals surface area contributed by atoms with Gasteiger partial charge in [0.25, 0.3) is 0 Å². The summed E-state index contributed by atoms with van der Waals surface area (Å²) in [6, 6.07) is 2.35. The van der Waals surface area contributed by atoms with Crippen molar-refractivity contribution in [3.63, 3.8) is 0 Å². The molecule has 0 aromatic heterocycles. The number of methoxy groups -OCH3 is 1. The molecule has 0 spiro atoms. The van der Waals surface area contributed by atoms with E-state index in [1.807, 2.05) is 0 Å². The SMILES string of the molecule is CO[C@@]12C=C[C@@H](CC1)C[C@H]2C#N. The first kappa shape index (κ1) is 7.82. The van der Waals surface area contributed by atoms with Crippen molar-refractivity contribution in [1.82, 2.24) is 0 Å². The average molecular weight is 163 g/mol. The molecule has 2 bridgehead atoms. The van der Waals surface area contributed by atoms with Gasteiger partial charge in [-0.25, -0.2) is 0 Å². The molecule has 2 heteroatoms. The molecule has 0 aromatic rings. The zero-order valence-electron chi connectivity index (χ0n) is 7.29. The minimum absolute atomic E-state index is 0.0752. The lowest BCUT2D eigenvalue weighted by Gasteiger charge is -2.44. The quantitative estimate of drug-likeness (QED) is 0.553. The molecule has 1 fully saturated rings. The highest BCUT2D eigenvalue weighted by atomic mass is 16.5. The van der Waals surface area contributed by atoms with Crippen LogP contribution >= 0.6 is 0 Å². The third kappa shape index (κ3) is 0.899. The van der Waals surface area contributed by atoms with Crippen molar-refractivity contribution < 1.29 is 4.74 Å². The molecule has 1 saturated carbocycles. The number of fused-ring (bicyclic) bond motifs is 2. The van der Waals surface area contributed by atoms with Gasteiger partial charge in [0, 0.05) is 7.11 Å². The molecule has 64 valence electrons. The molecule has 0 N–H and O–H groups in total. The van der Waals surface area contributed by atoms with Crippen LogP contribution in [-0.4, -0.2) is 12.7 Å². The van der Waals surface area contributed by atoms with Crippen molar-refractivity contribution in [2.24, 2.45) is 11.8 Å². The van der Waals surface area contributed by atoms with Gasteiger partial charge in [0.15, 0.2) is 0 Å². The lowest BCUT2D eigenvalue weighted by molar-refractivity contribution is -0.0419. The maximum absolute atomic E-state index is 8.95. The molecule has 12 heavy (non-hydrogen) atoms. The molecule has 0 aromatic carbocycles. The van der Waals surface area contributed by atoms with E-state index in [0.29, 0.717) is 5.92 Å². The zero-order chi connectivity index (χ0) is 8.60. The molecule has 0 amide bonds. The van der Waals surface area contributed by atoms with E-state index in [4.69, 9.17) is 10.00 Å². The molecule has 3 rings (SSSR count). The first-order valence-corrected chi connectivity index (χ1v) is 4.45. The van der Waals surface area contributed by atoms with Crippen molar-refractivity contribution in [3.8, 4) is 6.07 Å². The highest BCUT2D eigenvalue weighted by Crippen LogP contribution is 2.44. The van der Waals surface area contributed by atoms with Gasteiger partial charge < -0.3 is 4.74 Å². The van der Waals surface area contributed by atoms with E-state index in [2.05, 4.69) is 18.2 Å². The summed E-state index contributed by atoms with van der Waals surface area (Å²) in [6.07, 6.45) is 7.49. The number of allylic oxidation sites excluding steroid dienone is 1. The second-order valence-corrected chi connectivity index (χ2v) is 3.73. The van der Waals surface area contributed by atoms with Gasteiger partial charge in [-0.2, -0.15) is 5.26 Å². The van der Waals surface area contributed by atoms with Crippen LogP contribution in [0.5, 0.6) is 0 Å². The van der Waals surface area contributed by atoms with Crippen LogP contribution in [0.2, 0.25) is 0 Å². The first-order valence-electron chi connectivity index (χ1n) is 4.45. The second-order valence-electron chi connectivity index (χ2n) is 3.73. The predicted octanol–water partition coefficient (Wildman–Crippen LogP) is 1.88. The summed E-state index contributed by atoms with van der Waals surface area (Å²) in [4.78, 5) is 0. The molecule has 3 aliphatic carbocycles. The molecule has 0 aliphatic heterocycles. The molecule has 0 unspecified atom stereocenters. The third-order valence-corrected chi connectivity index (χ3v) is 3.22. The molecular weight excluding hydrogens is 150 g/mol. The van der Waals surface area contributed by atoms with E-state index >= 15 is 0 Å². The summed E-state index contributed by atoms with van der Waals surface area (Å²) in [5.41, 5.74) is -0.247. The summed E-state index contributed by atoms with van der Waals surface area (Å²) in [5.74, 6) is 0.706. The van der Waals surface area contributed by atoms with Crippen LogP contribution < -0.4 is 0 Å². The minimum Gasteiger partial charge on any atom is -0.373 e. The smallest absolute Gasteiger partial charge is 0.102 e. The maximum atomic E-state index is 8.95. The molecule has 3 atom stereocenters. The Hall–Kier alpha value is -0.810. The Morgan fingerprint density at radius 2 is 2.50 bits per heavy atom. The Kier molecular flexibility index (Phi) is 1.69. The van der Waals surface area contributed by atoms with Crippen molar-refractivity contribution in [2.45, 2.75) is 24.9 Å². The Morgan fingerprint density at radius 1 is 1.67 bits per heavy atom. The standard InChI is InChI=1S/C10H13NO/c1-12-10-4-2-8(3-5-10)6-9(10)7-11/h2,4,8-9H,3,5-6H2,1H3/t8-,9-,10-/m0/s1. The van der Waals surface area contributed by atoms with Gasteiger partial charge >= 0.3 is 0 Å². The normalized spacial score (nSPS) is 44.3. The van der Waals surface area contributed by atoms with Crippen LogP contribution in [0.1, 0.15) is 19.3 Å². The fraction of sp³-hybridized carbons (Fsp3) is 0.700. The van der Waals surface area contributed by atoms with Gasteiger partial charge in [0.1, 0.15) is 5.60 Å². The highest BCUT2D eigenvalue weighted by molar-refractivity contribution is 5.21. The summed E-state index contributed by atoms with van der Waals surface area (Å²) >= 11 is 0. The summed E-state index contributed by atoms with van der Waals surface area (Å²) in [7, 11) is 1.71. The lowest BCUT2D eigenvalue weighted by atomic mass is 9.66. The van der Waals surface area contributed by atoms with Gasteiger partial charge in [-0.3, -0.25) is 0 Å². The van der Waals surface area contributed by atoms with Gasteiger partial charge in [0.05, 0.1) is 12.0 Å². The molecule has 2 nitrogen and oxygen atoms in total. The average Bonchev–Trinajstić information content (AvgIpc) is 2.19. The summed E-state index contributed by atoms with van der Waals surface area (Å²) in [6.45, 7) is 0. The fourth-order valence-electron chi connectivity index (χ4n) is 2.35. The molecule has 3 aliphatic rings. The van der Waals surface area contributed by atoms with E-state index in [-0.39, 0.29) is 11.5 Å². The Bertz CT molecular complexity index is 253. The topological polar surface area (TPSA) is 33.0 Å². The first-order chi connectivity index (χ1) is 5.80. The van der Waals surface area contributed by atoms with Gasteiger partial charge in [-0.15, -0.1) is 0 Å². The largest absolute Gasteiger partial charge is 0.373 e. The van der Waals surface area contributed by atoms with Gasteiger partial charge in [-0.1, -0.05) is 12.2 Å². The number of nitriles is 1. The van der Waals surface area contributed by atoms with E-state index < -0.39 is 0 Å². The number of ether oxygens (including phenoxy) is 1. The van der Waals surface area contributed by atoms with Crippen molar-refractivity contribution in [2.75, 3.05) is 7.11 Å². The number of hydrogen-bond acceptors (Lipinski definition) is 2. The van der Waals surface area contributed by atoms with E-state index in [0.717, 1.165) is 12.8 Å². The highest BCUT2D eigenvalue weighted by Gasteiger charge is 2.44. The lowest BCUT2D eigenvalue weighted by Crippen LogP contribution is -2.45. The van der Waals surface area contributed by atoms with Crippen LogP contribution in [-0.2, 0) is 4.74 Å². The van der Waals surface area contributed by atoms with Gasteiger partial charge in [0.2, 0.25) is 0 Å². The molecular formula is C10H13NO. The van der Waals surface area contributed by atoms with Crippen molar-refractivity contribution in [1.29, 1.82) is 5.26 Å². The van der Waals surface area contributed by atoms with Crippen LogP contribution in [0.3, 0.4) is 0 Å². The van der Waals surface area contributed by atoms with Crippen LogP contribution in [0, 0.1) is 23.2 Å². The van der Waals surface area contributed by atoms with Crippen molar-refractivity contribution in [3.05, 3.63) is 12.2 Å². The number of nitrogens with zero attached hydrogens (tertiary/aromatic N) is 1. The minimum atomic E-state index is -0.247. The Morgan fingerprint density at radius 3 is 2.92 bits per heavy atom. The summed E-state index contributed by atoms with van der Waals surface area (Å²) in [5, 5.41) is 8.95. The summed E-state index contributed by atoms with van der Waals surface area (Å²) < 4.78 is 5.46. The predicted molar refractivity (Wildman–Crippen MR) is 45.3 cm³/mol. The molecule has 0 radical (unpaired) electrons. The van der Waals surface area contributed by atoms with Gasteiger partial charge in [-0.05, 0) is 25.2 Å². The Labute approximate surface area is 72.8 Å². The van der Waals surface area contributed by atoms with E-state index in [1.165, 1.54) is 6.42 Å². The Balaban J connectivity index is 2.33. The number of rotatable bonds is 1. The second kappa shape index (κ2) is 2.60. The van der Waals surface area contributed by atoms with Crippen molar-refractivity contribution >= 4 is 0 Å². The molecule has 0 saturated heterocycles. The number of hydrogen-bond donors (Lipinski definition) is 0. The van der Waals surface area contributed by atoms with E-state index in [1.54, 1.807) is 7.11 Å². The fourth-order valence-corrected chi connectivity index (χ4v) is 2.35. The third-order valence-electron chi connectivity index (χ3n) is 3.22. The van der Waals surface area contributed by atoms with Crippen LogP contribution in [0.15, 0.2) is 12.2 Å². The monoisotopic (exact) mass is 163 g/mol. The molecule has 0 heterocycles.